The number of hydrogen-bond acceptors (Lipinski definition) is 8. The zero-order valence-corrected chi connectivity index (χ0v) is 16.0. The van der Waals surface area contributed by atoms with Crippen LogP contribution in [-0.2, 0) is 33.3 Å². The van der Waals surface area contributed by atoms with Crippen molar-refractivity contribution in [2.75, 3.05) is 52.9 Å². The predicted octanol–water partition coefficient (Wildman–Crippen LogP) is 1.58. The number of benzene rings is 1. The summed E-state index contributed by atoms with van der Waals surface area (Å²) in [6, 6.07) is 8.21. The van der Waals surface area contributed by atoms with Crippen molar-refractivity contribution >= 4 is 17.7 Å². The number of carbonyl (C=O) groups excluding carboxylic acids is 3. The molecule has 0 saturated heterocycles. The zero-order valence-electron chi connectivity index (χ0n) is 16.0. The second-order valence-corrected chi connectivity index (χ2v) is 5.58. The largest absolute Gasteiger partial charge is 0.460 e. The van der Waals surface area contributed by atoms with Crippen LogP contribution in [0.15, 0.2) is 42.5 Å². The standard InChI is InChI=1S/C20H26O8/c1-16(2)19(22)27-14-12-25-10-8-24-9-11-26-13-15-28-20(23)18(21)17-6-4-3-5-7-17/h3-7H,1,8-15H2,2H3. The maximum Gasteiger partial charge on any atom is 0.379 e. The Morgan fingerprint density at radius 2 is 1.14 bits per heavy atom. The van der Waals surface area contributed by atoms with Gasteiger partial charge in [-0.25, -0.2) is 9.59 Å². The molecule has 0 aromatic heterocycles. The Morgan fingerprint density at radius 1 is 0.714 bits per heavy atom. The molecule has 1 rings (SSSR count). The smallest absolute Gasteiger partial charge is 0.379 e. The minimum Gasteiger partial charge on any atom is -0.460 e. The quantitative estimate of drug-likeness (QED) is 0.145. The summed E-state index contributed by atoms with van der Waals surface area (Å²) in [4.78, 5) is 34.5. The first-order valence-electron chi connectivity index (χ1n) is 8.84. The van der Waals surface area contributed by atoms with Crippen molar-refractivity contribution in [1.82, 2.24) is 0 Å². The Kier molecular flexibility index (Phi) is 12.2. The average molecular weight is 394 g/mol. The van der Waals surface area contributed by atoms with Crippen LogP contribution in [0.5, 0.6) is 0 Å². The Balaban J connectivity index is 1.89. The Labute approximate surface area is 164 Å². The van der Waals surface area contributed by atoms with E-state index >= 15 is 0 Å². The van der Waals surface area contributed by atoms with E-state index in [2.05, 4.69) is 6.58 Å². The summed E-state index contributed by atoms with van der Waals surface area (Å²) in [6.45, 7) is 7.07. The summed E-state index contributed by atoms with van der Waals surface area (Å²) < 4.78 is 25.5. The molecule has 1 aromatic carbocycles. The molecule has 0 bridgehead atoms. The Hall–Kier alpha value is -2.55. The molecule has 1 aromatic rings. The van der Waals surface area contributed by atoms with Crippen LogP contribution in [0.4, 0.5) is 0 Å². The lowest BCUT2D eigenvalue weighted by atomic mass is 10.1. The van der Waals surface area contributed by atoms with E-state index in [0.717, 1.165) is 0 Å². The van der Waals surface area contributed by atoms with Crippen LogP contribution in [0.2, 0.25) is 0 Å². The molecule has 28 heavy (non-hydrogen) atoms. The lowest BCUT2D eigenvalue weighted by Crippen LogP contribution is -2.20. The highest BCUT2D eigenvalue weighted by Gasteiger charge is 2.16. The van der Waals surface area contributed by atoms with Crippen molar-refractivity contribution in [3.05, 3.63) is 48.0 Å². The van der Waals surface area contributed by atoms with Gasteiger partial charge in [-0.15, -0.1) is 0 Å². The molecule has 0 N–H and O–H groups in total. The van der Waals surface area contributed by atoms with Gasteiger partial charge in [0.1, 0.15) is 13.2 Å². The van der Waals surface area contributed by atoms with Gasteiger partial charge in [-0.3, -0.25) is 4.79 Å². The molecular weight excluding hydrogens is 368 g/mol. The van der Waals surface area contributed by atoms with Crippen LogP contribution in [0.25, 0.3) is 0 Å². The SMILES string of the molecule is C=C(C)C(=O)OCCOCCOCCOCCOC(=O)C(=O)c1ccccc1. The van der Waals surface area contributed by atoms with Crippen LogP contribution in [-0.4, -0.2) is 70.6 Å². The molecule has 0 radical (unpaired) electrons. The van der Waals surface area contributed by atoms with Gasteiger partial charge in [0.2, 0.25) is 0 Å². The fourth-order valence-corrected chi connectivity index (χ4v) is 1.82. The van der Waals surface area contributed by atoms with Crippen molar-refractivity contribution in [3.63, 3.8) is 0 Å². The van der Waals surface area contributed by atoms with Crippen LogP contribution < -0.4 is 0 Å². The molecule has 8 nitrogen and oxygen atoms in total. The monoisotopic (exact) mass is 394 g/mol. The third kappa shape index (κ3) is 10.6. The van der Waals surface area contributed by atoms with E-state index < -0.39 is 17.7 Å². The molecule has 0 spiro atoms. The fourth-order valence-electron chi connectivity index (χ4n) is 1.82. The van der Waals surface area contributed by atoms with E-state index in [-0.39, 0.29) is 32.0 Å². The van der Waals surface area contributed by atoms with E-state index in [4.69, 9.17) is 23.7 Å². The maximum atomic E-state index is 11.8. The van der Waals surface area contributed by atoms with Crippen LogP contribution in [0.3, 0.4) is 0 Å². The van der Waals surface area contributed by atoms with Crippen molar-refractivity contribution in [3.8, 4) is 0 Å². The normalized spacial score (nSPS) is 10.3. The van der Waals surface area contributed by atoms with Crippen molar-refractivity contribution in [2.24, 2.45) is 0 Å². The summed E-state index contributed by atoms with van der Waals surface area (Å²) in [5.74, 6) is -2.03. The predicted molar refractivity (Wildman–Crippen MR) is 100.0 cm³/mol. The number of rotatable bonds is 15. The molecule has 0 atom stereocenters. The highest BCUT2D eigenvalue weighted by atomic mass is 16.6. The first-order chi connectivity index (χ1) is 13.5. The summed E-state index contributed by atoms with van der Waals surface area (Å²) in [5.41, 5.74) is 0.638. The number of esters is 2. The van der Waals surface area contributed by atoms with Crippen LogP contribution in [0, 0.1) is 0 Å². The average Bonchev–Trinajstić information content (AvgIpc) is 2.71. The van der Waals surface area contributed by atoms with Gasteiger partial charge >= 0.3 is 11.9 Å². The molecule has 0 heterocycles. The number of ether oxygens (including phenoxy) is 5. The Morgan fingerprint density at radius 3 is 1.61 bits per heavy atom. The van der Waals surface area contributed by atoms with Crippen molar-refractivity contribution < 1.29 is 38.1 Å². The molecular formula is C20H26O8. The highest BCUT2D eigenvalue weighted by Crippen LogP contribution is 2.01. The lowest BCUT2D eigenvalue weighted by Gasteiger charge is -2.08. The van der Waals surface area contributed by atoms with Gasteiger partial charge in [0.25, 0.3) is 5.78 Å². The number of carbonyl (C=O) groups is 3. The molecule has 0 aliphatic heterocycles. The minimum atomic E-state index is -0.905. The minimum absolute atomic E-state index is 0.0105. The molecule has 0 amide bonds. The molecule has 8 heteroatoms. The van der Waals surface area contributed by atoms with Gasteiger partial charge in [0.05, 0.1) is 39.6 Å². The van der Waals surface area contributed by atoms with Gasteiger partial charge in [0, 0.05) is 11.1 Å². The van der Waals surface area contributed by atoms with Gasteiger partial charge < -0.3 is 23.7 Å². The molecule has 0 saturated carbocycles. The van der Waals surface area contributed by atoms with Crippen LogP contribution >= 0.6 is 0 Å². The summed E-state index contributed by atoms with van der Waals surface area (Å²) in [5, 5.41) is 0. The summed E-state index contributed by atoms with van der Waals surface area (Å²) >= 11 is 0. The topological polar surface area (TPSA) is 97.4 Å². The zero-order chi connectivity index (χ0) is 20.6. The van der Waals surface area contributed by atoms with E-state index in [0.29, 0.717) is 32.0 Å². The fraction of sp³-hybridized carbons (Fsp3) is 0.450. The van der Waals surface area contributed by atoms with Gasteiger partial charge in [-0.05, 0) is 6.92 Å². The molecule has 0 unspecified atom stereocenters. The number of hydrogen-bond donors (Lipinski definition) is 0. The molecule has 0 fully saturated rings. The molecule has 0 aliphatic rings. The summed E-state index contributed by atoms with van der Waals surface area (Å²) in [6.07, 6.45) is 0. The summed E-state index contributed by atoms with van der Waals surface area (Å²) in [7, 11) is 0. The van der Waals surface area contributed by atoms with Gasteiger partial charge in [-0.2, -0.15) is 0 Å². The van der Waals surface area contributed by atoms with E-state index in [9.17, 15) is 14.4 Å². The maximum absolute atomic E-state index is 11.8. The second kappa shape index (κ2) is 14.5. The van der Waals surface area contributed by atoms with E-state index in [1.807, 2.05) is 0 Å². The second-order valence-electron chi connectivity index (χ2n) is 5.58. The van der Waals surface area contributed by atoms with Crippen molar-refractivity contribution in [1.29, 1.82) is 0 Å². The number of Topliss-reactive ketones (excluding diaryl/α,β-unsaturated/α-hetero) is 1. The Bertz CT molecular complexity index is 626. The van der Waals surface area contributed by atoms with E-state index in [1.165, 1.54) is 0 Å². The molecule has 154 valence electrons. The number of ketones is 1. The third-order valence-corrected chi connectivity index (χ3v) is 3.24. The van der Waals surface area contributed by atoms with E-state index in [1.54, 1.807) is 37.3 Å². The first kappa shape index (κ1) is 23.5. The van der Waals surface area contributed by atoms with Gasteiger partial charge in [0.15, 0.2) is 0 Å². The third-order valence-electron chi connectivity index (χ3n) is 3.24. The van der Waals surface area contributed by atoms with Crippen LogP contribution in [0.1, 0.15) is 17.3 Å². The lowest BCUT2D eigenvalue weighted by molar-refractivity contribution is -0.140. The van der Waals surface area contributed by atoms with Gasteiger partial charge in [-0.1, -0.05) is 36.9 Å². The molecule has 0 aliphatic carbocycles. The highest BCUT2D eigenvalue weighted by molar-refractivity contribution is 6.40. The van der Waals surface area contributed by atoms with Crippen molar-refractivity contribution in [2.45, 2.75) is 6.92 Å². The first-order valence-corrected chi connectivity index (χ1v) is 8.84.